The molecule has 1 N–H and O–H groups in total. The highest BCUT2D eigenvalue weighted by molar-refractivity contribution is 5.78. The summed E-state index contributed by atoms with van der Waals surface area (Å²) in [5.74, 6) is 0.231. The van der Waals surface area contributed by atoms with Crippen molar-refractivity contribution in [2.45, 2.75) is 6.54 Å². The third kappa shape index (κ3) is 5.79. The van der Waals surface area contributed by atoms with E-state index in [-0.39, 0.29) is 11.8 Å². The van der Waals surface area contributed by atoms with E-state index in [2.05, 4.69) is 15.1 Å². The average Bonchev–Trinajstić information content (AvgIpc) is 2.69. The number of hydrogen-bond donors (Lipinski definition) is 1. The van der Waals surface area contributed by atoms with Gasteiger partial charge >= 0.3 is 0 Å². The van der Waals surface area contributed by atoms with Crippen LogP contribution < -0.4 is 5.32 Å². The third-order valence-corrected chi connectivity index (χ3v) is 4.89. The summed E-state index contributed by atoms with van der Waals surface area (Å²) in [4.78, 5) is 30.6. The zero-order chi connectivity index (χ0) is 18.2. The van der Waals surface area contributed by atoms with Crippen LogP contribution in [0.25, 0.3) is 0 Å². The third-order valence-electron chi connectivity index (χ3n) is 4.89. The van der Waals surface area contributed by atoms with Crippen LogP contribution in [0.2, 0.25) is 0 Å². The molecule has 0 bridgehead atoms. The van der Waals surface area contributed by atoms with E-state index in [9.17, 15) is 9.59 Å². The van der Waals surface area contributed by atoms with Gasteiger partial charge in [0.05, 0.1) is 26.3 Å². The minimum absolute atomic E-state index is 0.0479. The molecule has 3 rings (SSSR count). The molecule has 2 fully saturated rings. The number of nitrogens with zero attached hydrogens (tertiary/aromatic N) is 3. The zero-order valence-electron chi connectivity index (χ0n) is 15.2. The van der Waals surface area contributed by atoms with Crippen LogP contribution in [0.5, 0.6) is 0 Å². The van der Waals surface area contributed by atoms with Crippen LogP contribution in [0.15, 0.2) is 30.3 Å². The van der Waals surface area contributed by atoms with Gasteiger partial charge in [-0.25, -0.2) is 0 Å². The highest BCUT2D eigenvalue weighted by atomic mass is 16.5. The normalized spacial score (nSPS) is 19.3. The predicted octanol–water partition coefficient (Wildman–Crippen LogP) is -0.221. The second kappa shape index (κ2) is 9.66. The van der Waals surface area contributed by atoms with Crippen molar-refractivity contribution in [3.63, 3.8) is 0 Å². The van der Waals surface area contributed by atoms with Crippen LogP contribution in [0.4, 0.5) is 0 Å². The lowest BCUT2D eigenvalue weighted by atomic mass is 10.2. The van der Waals surface area contributed by atoms with E-state index in [4.69, 9.17) is 4.74 Å². The predicted molar refractivity (Wildman–Crippen MR) is 98.6 cm³/mol. The second-order valence-corrected chi connectivity index (χ2v) is 6.81. The van der Waals surface area contributed by atoms with E-state index in [1.807, 2.05) is 35.2 Å². The number of hydrogen-bond acceptors (Lipinski definition) is 5. The maximum absolute atomic E-state index is 12.3. The molecular formula is C19H28N4O3. The smallest absolute Gasteiger partial charge is 0.236 e. The Labute approximate surface area is 154 Å². The first-order valence-corrected chi connectivity index (χ1v) is 9.31. The molecule has 0 aromatic heterocycles. The van der Waals surface area contributed by atoms with Gasteiger partial charge in [-0.2, -0.15) is 0 Å². The molecule has 2 heterocycles. The van der Waals surface area contributed by atoms with Crippen LogP contribution in [0, 0.1) is 0 Å². The molecule has 2 aliphatic heterocycles. The van der Waals surface area contributed by atoms with Crippen LogP contribution in [0.1, 0.15) is 5.56 Å². The molecular weight excluding hydrogens is 332 g/mol. The quantitative estimate of drug-likeness (QED) is 0.760. The largest absolute Gasteiger partial charge is 0.378 e. The Hall–Kier alpha value is -1.96. The number of benzene rings is 1. The minimum atomic E-state index is 0.0479. The summed E-state index contributed by atoms with van der Waals surface area (Å²) in [7, 11) is 0. The molecule has 7 heteroatoms. The highest BCUT2D eigenvalue weighted by Crippen LogP contribution is 2.04. The molecule has 142 valence electrons. The van der Waals surface area contributed by atoms with Crippen molar-refractivity contribution >= 4 is 11.8 Å². The summed E-state index contributed by atoms with van der Waals surface area (Å²) in [6.45, 7) is 7.38. The molecule has 0 atom stereocenters. The van der Waals surface area contributed by atoms with E-state index in [1.54, 1.807) is 0 Å². The van der Waals surface area contributed by atoms with Gasteiger partial charge < -0.3 is 15.0 Å². The van der Waals surface area contributed by atoms with Crippen molar-refractivity contribution in [3.8, 4) is 0 Å². The molecule has 26 heavy (non-hydrogen) atoms. The lowest BCUT2D eigenvalue weighted by Crippen LogP contribution is -2.52. The molecule has 1 aromatic carbocycles. The van der Waals surface area contributed by atoms with Gasteiger partial charge in [-0.15, -0.1) is 0 Å². The molecule has 0 aliphatic carbocycles. The van der Waals surface area contributed by atoms with Gasteiger partial charge in [0.15, 0.2) is 0 Å². The second-order valence-electron chi connectivity index (χ2n) is 6.81. The maximum Gasteiger partial charge on any atom is 0.236 e. The summed E-state index contributed by atoms with van der Waals surface area (Å²) in [6, 6.07) is 9.92. The highest BCUT2D eigenvalue weighted by Gasteiger charge is 2.23. The fraction of sp³-hybridized carbons (Fsp3) is 0.579. The topological polar surface area (TPSA) is 65.1 Å². The van der Waals surface area contributed by atoms with E-state index in [1.165, 1.54) is 0 Å². The fourth-order valence-electron chi connectivity index (χ4n) is 3.27. The van der Waals surface area contributed by atoms with Gasteiger partial charge in [0, 0.05) is 45.8 Å². The number of piperazine rings is 1. The Morgan fingerprint density at radius 1 is 0.885 bits per heavy atom. The monoisotopic (exact) mass is 360 g/mol. The number of morpholine rings is 1. The number of ether oxygens (including phenoxy) is 1. The Morgan fingerprint density at radius 2 is 1.50 bits per heavy atom. The number of rotatable bonds is 6. The number of carbonyl (C=O) groups excluding carboxylic acids is 2. The summed E-state index contributed by atoms with van der Waals surface area (Å²) in [6.07, 6.45) is 0. The molecule has 0 unspecified atom stereocenters. The fourth-order valence-corrected chi connectivity index (χ4v) is 3.27. The molecule has 1 aromatic rings. The van der Waals surface area contributed by atoms with Gasteiger partial charge in [-0.3, -0.25) is 19.4 Å². The van der Waals surface area contributed by atoms with Crippen LogP contribution in [-0.4, -0.2) is 92.1 Å². The van der Waals surface area contributed by atoms with E-state index >= 15 is 0 Å². The van der Waals surface area contributed by atoms with Crippen molar-refractivity contribution < 1.29 is 14.3 Å². The van der Waals surface area contributed by atoms with E-state index in [0.29, 0.717) is 45.9 Å². The van der Waals surface area contributed by atoms with Gasteiger partial charge in [0.2, 0.25) is 11.8 Å². The van der Waals surface area contributed by atoms with Crippen LogP contribution in [-0.2, 0) is 20.9 Å². The maximum atomic E-state index is 12.3. The van der Waals surface area contributed by atoms with E-state index in [0.717, 1.165) is 31.7 Å². The average molecular weight is 360 g/mol. The standard InChI is InChI=1S/C19H28N4O3/c24-18(20-14-17-4-2-1-3-5-17)15-21-6-8-22(9-7-21)16-19(25)23-10-12-26-13-11-23/h1-5H,6-16H2,(H,20,24). The SMILES string of the molecule is O=C(CN1CCN(CC(=O)N2CCOCC2)CC1)NCc1ccccc1. The molecule has 0 spiro atoms. The summed E-state index contributed by atoms with van der Waals surface area (Å²) in [5.41, 5.74) is 1.10. The molecule has 0 saturated carbocycles. The summed E-state index contributed by atoms with van der Waals surface area (Å²) < 4.78 is 5.29. The summed E-state index contributed by atoms with van der Waals surface area (Å²) in [5, 5.41) is 2.97. The van der Waals surface area contributed by atoms with Crippen molar-refractivity contribution in [2.75, 3.05) is 65.6 Å². The first-order chi connectivity index (χ1) is 12.7. The molecule has 2 aliphatic rings. The lowest BCUT2D eigenvalue weighted by Gasteiger charge is -2.35. The first kappa shape index (κ1) is 18.8. The lowest BCUT2D eigenvalue weighted by molar-refractivity contribution is -0.137. The van der Waals surface area contributed by atoms with Crippen molar-refractivity contribution in [1.29, 1.82) is 0 Å². The van der Waals surface area contributed by atoms with Crippen molar-refractivity contribution in [2.24, 2.45) is 0 Å². The number of nitrogens with one attached hydrogen (secondary N) is 1. The molecule has 7 nitrogen and oxygen atoms in total. The Kier molecular flexibility index (Phi) is 6.99. The minimum Gasteiger partial charge on any atom is -0.378 e. The van der Waals surface area contributed by atoms with Crippen molar-refractivity contribution in [1.82, 2.24) is 20.0 Å². The van der Waals surface area contributed by atoms with E-state index < -0.39 is 0 Å². The number of carbonyl (C=O) groups is 2. The first-order valence-electron chi connectivity index (χ1n) is 9.31. The van der Waals surface area contributed by atoms with Gasteiger partial charge in [-0.1, -0.05) is 30.3 Å². The Balaban J connectivity index is 1.33. The zero-order valence-corrected chi connectivity index (χ0v) is 15.2. The van der Waals surface area contributed by atoms with Gasteiger partial charge in [0.1, 0.15) is 0 Å². The van der Waals surface area contributed by atoms with Crippen LogP contribution in [0.3, 0.4) is 0 Å². The molecule has 0 radical (unpaired) electrons. The Morgan fingerprint density at radius 3 is 2.15 bits per heavy atom. The van der Waals surface area contributed by atoms with Gasteiger partial charge in [-0.05, 0) is 5.56 Å². The molecule has 2 amide bonds. The van der Waals surface area contributed by atoms with Crippen LogP contribution >= 0.6 is 0 Å². The molecule has 2 saturated heterocycles. The Bertz CT molecular complexity index is 582. The van der Waals surface area contributed by atoms with Gasteiger partial charge in [0.25, 0.3) is 0 Å². The summed E-state index contributed by atoms with van der Waals surface area (Å²) >= 11 is 0. The number of amides is 2. The van der Waals surface area contributed by atoms with Crippen molar-refractivity contribution in [3.05, 3.63) is 35.9 Å².